The number of hydrogen-bond acceptors (Lipinski definition) is 3. The fourth-order valence-electron chi connectivity index (χ4n) is 2.19. The molecule has 0 unspecified atom stereocenters. The predicted molar refractivity (Wildman–Crippen MR) is 95.9 cm³/mol. The van der Waals surface area contributed by atoms with Gasteiger partial charge in [0, 0.05) is 11.3 Å². The number of benzene rings is 2. The van der Waals surface area contributed by atoms with Gasteiger partial charge in [0.1, 0.15) is 0 Å². The molecular formula is C19H20ClNO3. The van der Waals surface area contributed by atoms with Crippen molar-refractivity contribution in [1.82, 2.24) is 0 Å². The number of halogens is 1. The van der Waals surface area contributed by atoms with Gasteiger partial charge in [-0.05, 0) is 41.3 Å². The first-order chi connectivity index (χ1) is 11.2. The summed E-state index contributed by atoms with van der Waals surface area (Å²) in [6.45, 7) is 6.35. The second-order valence-electron chi connectivity index (χ2n) is 6.47. The SMILES string of the molecule is COC(=O)c1cc(NC(=O)c2ccc(C(C)(C)C)cc2)ccc1Cl. The summed E-state index contributed by atoms with van der Waals surface area (Å²) in [5, 5.41) is 3.03. The molecule has 0 fully saturated rings. The monoisotopic (exact) mass is 345 g/mol. The Bertz CT molecular complexity index is 761. The van der Waals surface area contributed by atoms with E-state index in [1.165, 1.54) is 13.2 Å². The number of esters is 1. The number of methoxy groups -OCH3 is 1. The van der Waals surface area contributed by atoms with E-state index >= 15 is 0 Å². The van der Waals surface area contributed by atoms with Crippen molar-refractivity contribution in [1.29, 1.82) is 0 Å². The molecule has 0 atom stereocenters. The van der Waals surface area contributed by atoms with E-state index < -0.39 is 5.97 Å². The summed E-state index contributed by atoms with van der Waals surface area (Å²) in [4.78, 5) is 24.0. The van der Waals surface area contributed by atoms with Crippen LogP contribution in [-0.4, -0.2) is 19.0 Å². The molecule has 4 nitrogen and oxygen atoms in total. The summed E-state index contributed by atoms with van der Waals surface area (Å²) >= 11 is 5.97. The van der Waals surface area contributed by atoms with Crippen molar-refractivity contribution in [2.75, 3.05) is 12.4 Å². The largest absolute Gasteiger partial charge is 0.465 e. The minimum atomic E-state index is -0.550. The summed E-state index contributed by atoms with van der Waals surface area (Å²) in [5.41, 5.74) is 2.40. The summed E-state index contributed by atoms with van der Waals surface area (Å²) in [7, 11) is 1.28. The van der Waals surface area contributed by atoms with Crippen LogP contribution in [0.3, 0.4) is 0 Å². The van der Waals surface area contributed by atoms with E-state index in [1.807, 2.05) is 12.1 Å². The van der Waals surface area contributed by atoms with Gasteiger partial charge in [-0.15, -0.1) is 0 Å². The summed E-state index contributed by atoms with van der Waals surface area (Å²) in [6, 6.07) is 12.1. The zero-order valence-electron chi connectivity index (χ0n) is 14.1. The molecule has 0 aliphatic carbocycles. The molecule has 2 aromatic carbocycles. The Balaban J connectivity index is 2.19. The molecule has 0 aliphatic rings. The summed E-state index contributed by atoms with van der Waals surface area (Å²) < 4.78 is 4.67. The van der Waals surface area contributed by atoms with Gasteiger partial charge < -0.3 is 10.1 Å². The van der Waals surface area contributed by atoms with Crippen LogP contribution in [0.4, 0.5) is 5.69 Å². The van der Waals surface area contributed by atoms with Gasteiger partial charge in [-0.25, -0.2) is 4.79 Å². The lowest BCUT2D eigenvalue weighted by atomic mass is 9.87. The fourth-order valence-corrected chi connectivity index (χ4v) is 2.39. The lowest BCUT2D eigenvalue weighted by Crippen LogP contribution is -2.14. The van der Waals surface area contributed by atoms with E-state index in [0.717, 1.165) is 5.56 Å². The fraction of sp³-hybridized carbons (Fsp3) is 0.263. The van der Waals surface area contributed by atoms with Crippen molar-refractivity contribution in [2.45, 2.75) is 26.2 Å². The molecule has 0 saturated carbocycles. The number of carbonyl (C=O) groups is 2. The van der Waals surface area contributed by atoms with Gasteiger partial charge in [0.05, 0.1) is 17.7 Å². The minimum Gasteiger partial charge on any atom is -0.465 e. The molecule has 0 bridgehead atoms. The molecule has 24 heavy (non-hydrogen) atoms. The van der Waals surface area contributed by atoms with Crippen LogP contribution < -0.4 is 5.32 Å². The molecule has 0 heterocycles. The van der Waals surface area contributed by atoms with Gasteiger partial charge in [-0.2, -0.15) is 0 Å². The number of carbonyl (C=O) groups excluding carboxylic acids is 2. The first kappa shape index (κ1) is 18.0. The number of ether oxygens (including phenoxy) is 1. The van der Waals surface area contributed by atoms with E-state index in [1.54, 1.807) is 24.3 Å². The summed E-state index contributed by atoms with van der Waals surface area (Å²) in [5.74, 6) is -0.806. The third kappa shape index (κ3) is 4.15. The molecule has 0 radical (unpaired) electrons. The quantitative estimate of drug-likeness (QED) is 0.822. The molecule has 2 rings (SSSR count). The van der Waals surface area contributed by atoms with Crippen LogP contribution in [0.1, 0.15) is 47.1 Å². The standard InChI is InChI=1S/C19H20ClNO3/c1-19(2,3)13-7-5-12(6-8-13)17(22)21-14-9-10-16(20)15(11-14)18(23)24-4/h5-11H,1-4H3,(H,21,22). The first-order valence-corrected chi connectivity index (χ1v) is 7.90. The predicted octanol–water partition coefficient (Wildman–Crippen LogP) is 4.68. The van der Waals surface area contributed by atoms with Crippen molar-refractivity contribution in [3.63, 3.8) is 0 Å². The van der Waals surface area contributed by atoms with Crippen LogP contribution in [-0.2, 0) is 10.2 Å². The lowest BCUT2D eigenvalue weighted by molar-refractivity contribution is 0.0600. The highest BCUT2D eigenvalue weighted by atomic mass is 35.5. The van der Waals surface area contributed by atoms with Crippen LogP contribution >= 0.6 is 11.6 Å². The Morgan fingerprint density at radius 2 is 1.67 bits per heavy atom. The second-order valence-corrected chi connectivity index (χ2v) is 6.87. The maximum Gasteiger partial charge on any atom is 0.339 e. The van der Waals surface area contributed by atoms with Crippen LogP contribution in [0.15, 0.2) is 42.5 Å². The maximum absolute atomic E-state index is 12.4. The van der Waals surface area contributed by atoms with E-state index in [2.05, 4.69) is 30.8 Å². The minimum absolute atomic E-state index is 0.0284. The Kier molecular flexibility index (Phi) is 5.30. The number of rotatable bonds is 3. The normalized spacial score (nSPS) is 11.0. The molecule has 1 N–H and O–H groups in total. The van der Waals surface area contributed by atoms with Crippen molar-refractivity contribution >= 4 is 29.2 Å². The molecule has 0 saturated heterocycles. The van der Waals surface area contributed by atoms with Crippen molar-refractivity contribution < 1.29 is 14.3 Å². The smallest absolute Gasteiger partial charge is 0.339 e. The number of amides is 1. The zero-order valence-corrected chi connectivity index (χ0v) is 14.9. The van der Waals surface area contributed by atoms with Gasteiger partial charge in [0.15, 0.2) is 0 Å². The molecule has 0 spiro atoms. The lowest BCUT2D eigenvalue weighted by Gasteiger charge is -2.19. The molecular weight excluding hydrogens is 326 g/mol. The Morgan fingerprint density at radius 1 is 1.04 bits per heavy atom. The van der Waals surface area contributed by atoms with Gasteiger partial charge >= 0.3 is 5.97 Å². The molecule has 5 heteroatoms. The third-order valence-corrected chi connectivity index (χ3v) is 3.97. The number of nitrogens with one attached hydrogen (secondary N) is 1. The zero-order chi connectivity index (χ0) is 17.9. The number of anilines is 1. The van der Waals surface area contributed by atoms with E-state index in [-0.39, 0.29) is 21.9 Å². The summed E-state index contributed by atoms with van der Waals surface area (Å²) in [6.07, 6.45) is 0. The molecule has 1 amide bonds. The van der Waals surface area contributed by atoms with Gasteiger partial charge in [0.2, 0.25) is 0 Å². The van der Waals surface area contributed by atoms with Gasteiger partial charge in [-0.1, -0.05) is 44.5 Å². The van der Waals surface area contributed by atoms with Crippen molar-refractivity contribution in [3.05, 3.63) is 64.2 Å². The first-order valence-electron chi connectivity index (χ1n) is 7.52. The van der Waals surface area contributed by atoms with E-state index in [9.17, 15) is 9.59 Å². The van der Waals surface area contributed by atoms with Crippen molar-refractivity contribution in [3.8, 4) is 0 Å². The second kappa shape index (κ2) is 7.05. The average molecular weight is 346 g/mol. The Morgan fingerprint density at radius 3 is 2.21 bits per heavy atom. The highest BCUT2D eigenvalue weighted by Gasteiger charge is 2.15. The van der Waals surface area contributed by atoms with Gasteiger partial charge in [0.25, 0.3) is 5.91 Å². The van der Waals surface area contributed by atoms with Crippen LogP contribution in [0.2, 0.25) is 5.02 Å². The molecule has 0 aliphatic heterocycles. The van der Waals surface area contributed by atoms with Crippen LogP contribution in [0, 0.1) is 0 Å². The Labute approximate surface area is 146 Å². The number of hydrogen-bond donors (Lipinski definition) is 1. The average Bonchev–Trinajstić information content (AvgIpc) is 2.55. The molecule has 0 aromatic heterocycles. The van der Waals surface area contributed by atoms with Crippen LogP contribution in [0.25, 0.3) is 0 Å². The third-order valence-electron chi connectivity index (χ3n) is 3.64. The highest BCUT2D eigenvalue weighted by molar-refractivity contribution is 6.33. The highest BCUT2D eigenvalue weighted by Crippen LogP contribution is 2.24. The topological polar surface area (TPSA) is 55.4 Å². The van der Waals surface area contributed by atoms with Gasteiger partial charge in [-0.3, -0.25) is 4.79 Å². The van der Waals surface area contributed by atoms with E-state index in [4.69, 9.17) is 11.6 Å². The van der Waals surface area contributed by atoms with E-state index in [0.29, 0.717) is 11.3 Å². The van der Waals surface area contributed by atoms with Crippen molar-refractivity contribution in [2.24, 2.45) is 0 Å². The van der Waals surface area contributed by atoms with Crippen LogP contribution in [0.5, 0.6) is 0 Å². The Hall–Kier alpha value is -2.33. The molecule has 2 aromatic rings. The molecule has 126 valence electrons. The maximum atomic E-state index is 12.4.